The number of likely N-dealkylation sites (N-methyl/N-ethyl adjacent to an activating group) is 1. The van der Waals surface area contributed by atoms with Crippen molar-refractivity contribution < 1.29 is 4.79 Å². The number of amides is 1. The molecule has 1 atom stereocenters. The van der Waals surface area contributed by atoms with Gasteiger partial charge in [0.15, 0.2) is 5.96 Å². The number of nitrogens with zero attached hydrogens (tertiary/aromatic N) is 2. The van der Waals surface area contributed by atoms with Gasteiger partial charge in [0.25, 0.3) is 0 Å². The number of guanidine groups is 1. The fourth-order valence-electron chi connectivity index (χ4n) is 2.48. The SMILES string of the molecule is CCN1CCCC1CN=C(N)NCCC(=O)NC(C)C.I. The van der Waals surface area contributed by atoms with Crippen LogP contribution in [0.4, 0.5) is 0 Å². The lowest BCUT2D eigenvalue weighted by molar-refractivity contribution is -0.121. The second kappa shape index (κ2) is 11.1. The van der Waals surface area contributed by atoms with Crippen LogP contribution in [-0.2, 0) is 4.79 Å². The Hall–Kier alpha value is -0.570. The third kappa shape index (κ3) is 8.45. The Morgan fingerprint density at radius 2 is 2.19 bits per heavy atom. The van der Waals surface area contributed by atoms with E-state index >= 15 is 0 Å². The van der Waals surface area contributed by atoms with E-state index in [0.717, 1.165) is 13.1 Å². The van der Waals surface area contributed by atoms with E-state index in [4.69, 9.17) is 5.73 Å². The summed E-state index contributed by atoms with van der Waals surface area (Å²) in [4.78, 5) is 18.3. The maximum absolute atomic E-state index is 11.4. The smallest absolute Gasteiger partial charge is 0.221 e. The van der Waals surface area contributed by atoms with E-state index in [-0.39, 0.29) is 35.9 Å². The molecular formula is C14H30IN5O. The molecule has 1 saturated heterocycles. The molecule has 6 nitrogen and oxygen atoms in total. The van der Waals surface area contributed by atoms with Gasteiger partial charge in [-0.1, -0.05) is 6.92 Å². The highest BCUT2D eigenvalue weighted by Gasteiger charge is 2.22. The number of likely N-dealkylation sites (tertiary alicyclic amines) is 1. The Labute approximate surface area is 145 Å². The minimum atomic E-state index is 0. The molecule has 1 unspecified atom stereocenters. The zero-order valence-electron chi connectivity index (χ0n) is 13.4. The van der Waals surface area contributed by atoms with Crippen LogP contribution in [0.3, 0.4) is 0 Å². The van der Waals surface area contributed by atoms with Crippen LogP contribution in [0.25, 0.3) is 0 Å². The van der Waals surface area contributed by atoms with E-state index in [1.54, 1.807) is 0 Å². The lowest BCUT2D eigenvalue weighted by atomic mass is 10.2. The average Bonchev–Trinajstić information content (AvgIpc) is 2.82. The van der Waals surface area contributed by atoms with Gasteiger partial charge in [-0.2, -0.15) is 0 Å². The third-order valence-electron chi connectivity index (χ3n) is 3.49. The zero-order chi connectivity index (χ0) is 15.0. The Bertz CT molecular complexity index is 335. The zero-order valence-corrected chi connectivity index (χ0v) is 15.7. The first-order valence-electron chi connectivity index (χ1n) is 7.60. The van der Waals surface area contributed by atoms with Crippen LogP contribution in [0, 0.1) is 0 Å². The molecule has 1 rings (SSSR count). The van der Waals surface area contributed by atoms with E-state index in [0.29, 0.717) is 25.0 Å². The predicted octanol–water partition coefficient (Wildman–Crippen LogP) is 0.908. The van der Waals surface area contributed by atoms with Crippen LogP contribution in [0.1, 0.15) is 40.0 Å². The maximum atomic E-state index is 11.4. The number of aliphatic imine (C=N–C) groups is 1. The van der Waals surface area contributed by atoms with Gasteiger partial charge in [-0.05, 0) is 39.8 Å². The largest absolute Gasteiger partial charge is 0.370 e. The summed E-state index contributed by atoms with van der Waals surface area (Å²) in [5.41, 5.74) is 5.81. The van der Waals surface area contributed by atoms with Crippen LogP contribution in [0.15, 0.2) is 4.99 Å². The van der Waals surface area contributed by atoms with Crippen LogP contribution in [0.2, 0.25) is 0 Å². The van der Waals surface area contributed by atoms with Crippen LogP contribution in [0.5, 0.6) is 0 Å². The fraction of sp³-hybridized carbons (Fsp3) is 0.857. The summed E-state index contributed by atoms with van der Waals surface area (Å²) in [5.74, 6) is 0.471. The minimum absolute atomic E-state index is 0. The van der Waals surface area contributed by atoms with E-state index in [1.807, 2.05) is 13.8 Å². The van der Waals surface area contributed by atoms with Crippen molar-refractivity contribution in [2.45, 2.75) is 52.1 Å². The van der Waals surface area contributed by atoms with Crippen molar-refractivity contribution in [2.75, 3.05) is 26.2 Å². The lowest BCUT2D eigenvalue weighted by Gasteiger charge is -2.20. The Kier molecular flexibility index (Phi) is 10.8. The molecule has 21 heavy (non-hydrogen) atoms. The number of hydrogen-bond donors (Lipinski definition) is 3. The number of hydrogen-bond acceptors (Lipinski definition) is 3. The number of halogens is 1. The molecule has 1 fully saturated rings. The number of rotatable bonds is 7. The molecule has 1 aliphatic rings. The summed E-state index contributed by atoms with van der Waals surface area (Å²) < 4.78 is 0. The molecule has 0 aromatic heterocycles. The van der Waals surface area contributed by atoms with Crippen LogP contribution < -0.4 is 16.4 Å². The van der Waals surface area contributed by atoms with Gasteiger partial charge in [-0.3, -0.25) is 14.7 Å². The number of carbonyl (C=O) groups excluding carboxylic acids is 1. The number of nitrogens with two attached hydrogens (primary N) is 1. The molecule has 1 heterocycles. The van der Waals surface area contributed by atoms with Gasteiger partial charge in [0.05, 0.1) is 6.54 Å². The standard InChI is InChI=1S/C14H29N5O.HI/c1-4-19-9-5-6-12(19)10-17-14(15)16-8-7-13(20)18-11(2)3;/h11-12H,4-10H2,1-3H3,(H,18,20)(H3,15,16,17);1H. The Balaban J connectivity index is 0.00000400. The van der Waals surface area contributed by atoms with Crippen molar-refractivity contribution in [3.63, 3.8) is 0 Å². The summed E-state index contributed by atoms with van der Waals surface area (Å²) in [6, 6.07) is 0.695. The van der Waals surface area contributed by atoms with Gasteiger partial charge in [0.2, 0.25) is 5.91 Å². The first-order chi connectivity index (χ1) is 9.52. The monoisotopic (exact) mass is 411 g/mol. The van der Waals surface area contributed by atoms with Crippen molar-refractivity contribution in [1.29, 1.82) is 0 Å². The molecule has 1 amide bonds. The van der Waals surface area contributed by atoms with Gasteiger partial charge in [-0.25, -0.2) is 0 Å². The van der Waals surface area contributed by atoms with E-state index in [1.165, 1.54) is 19.4 Å². The van der Waals surface area contributed by atoms with Crippen molar-refractivity contribution in [3.8, 4) is 0 Å². The molecule has 0 aromatic rings. The summed E-state index contributed by atoms with van der Waals surface area (Å²) in [7, 11) is 0. The summed E-state index contributed by atoms with van der Waals surface area (Å²) in [6.45, 7) is 9.57. The van der Waals surface area contributed by atoms with Gasteiger partial charge in [0, 0.05) is 25.0 Å². The molecule has 7 heteroatoms. The third-order valence-corrected chi connectivity index (χ3v) is 3.49. The molecule has 0 aliphatic carbocycles. The van der Waals surface area contributed by atoms with Crippen molar-refractivity contribution in [3.05, 3.63) is 0 Å². The topological polar surface area (TPSA) is 82.8 Å². The normalized spacial score (nSPS) is 19.4. The summed E-state index contributed by atoms with van der Waals surface area (Å²) in [5, 5.41) is 5.83. The van der Waals surface area contributed by atoms with Gasteiger partial charge < -0.3 is 16.4 Å². The summed E-state index contributed by atoms with van der Waals surface area (Å²) >= 11 is 0. The molecule has 0 bridgehead atoms. The van der Waals surface area contributed by atoms with Crippen molar-refractivity contribution in [2.24, 2.45) is 10.7 Å². The second-order valence-corrected chi connectivity index (χ2v) is 5.55. The molecule has 0 saturated carbocycles. The average molecular weight is 411 g/mol. The van der Waals surface area contributed by atoms with Crippen molar-refractivity contribution >= 4 is 35.8 Å². The van der Waals surface area contributed by atoms with E-state index in [2.05, 4.69) is 27.4 Å². The lowest BCUT2D eigenvalue weighted by Crippen LogP contribution is -2.38. The maximum Gasteiger partial charge on any atom is 0.221 e. The first-order valence-corrected chi connectivity index (χ1v) is 7.60. The highest BCUT2D eigenvalue weighted by molar-refractivity contribution is 14.0. The van der Waals surface area contributed by atoms with E-state index in [9.17, 15) is 4.79 Å². The van der Waals surface area contributed by atoms with Crippen molar-refractivity contribution in [1.82, 2.24) is 15.5 Å². The van der Waals surface area contributed by atoms with Crippen LogP contribution >= 0.6 is 24.0 Å². The highest BCUT2D eigenvalue weighted by Crippen LogP contribution is 2.16. The van der Waals surface area contributed by atoms with Crippen LogP contribution in [-0.4, -0.2) is 55.0 Å². The molecule has 124 valence electrons. The number of nitrogens with one attached hydrogen (secondary N) is 2. The highest BCUT2D eigenvalue weighted by atomic mass is 127. The molecular weight excluding hydrogens is 381 g/mol. The van der Waals surface area contributed by atoms with Gasteiger partial charge in [-0.15, -0.1) is 24.0 Å². The molecule has 1 aliphatic heterocycles. The molecule has 4 N–H and O–H groups in total. The minimum Gasteiger partial charge on any atom is -0.370 e. The molecule has 0 aromatic carbocycles. The van der Waals surface area contributed by atoms with Gasteiger partial charge in [0.1, 0.15) is 0 Å². The predicted molar refractivity (Wildman–Crippen MR) is 98.1 cm³/mol. The Morgan fingerprint density at radius 1 is 1.48 bits per heavy atom. The van der Waals surface area contributed by atoms with Gasteiger partial charge >= 0.3 is 0 Å². The second-order valence-electron chi connectivity index (χ2n) is 5.55. The Morgan fingerprint density at radius 3 is 2.81 bits per heavy atom. The quantitative estimate of drug-likeness (QED) is 0.331. The first kappa shape index (κ1) is 20.4. The summed E-state index contributed by atoms with van der Waals surface area (Å²) in [6.07, 6.45) is 2.86. The molecule has 0 spiro atoms. The fourth-order valence-corrected chi connectivity index (χ4v) is 2.48. The van der Waals surface area contributed by atoms with E-state index < -0.39 is 0 Å². The molecule has 0 radical (unpaired) electrons. The number of carbonyl (C=O) groups is 1.